The summed E-state index contributed by atoms with van der Waals surface area (Å²) in [5.41, 5.74) is 1.67. The summed E-state index contributed by atoms with van der Waals surface area (Å²) in [7, 11) is 0. The van der Waals surface area contributed by atoms with Crippen molar-refractivity contribution in [1.29, 1.82) is 0 Å². The normalized spacial score (nSPS) is 12.5. The summed E-state index contributed by atoms with van der Waals surface area (Å²) in [5, 5.41) is 1.96. The van der Waals surface area contributed by atoms with Crippen LogP contribution in [0.4, 0.5) is 4.39 Å². The van der Waals surface area contributed by atoms with Gasteiger partial charge >= 0.3 is 0 Å². The summed E-state index contributed by atoms with van der Waals surface area (Å²) in [6.45, 7) is 0. The lowest BCUT2D eigenvalue weighted by Crippen LogP contribution is -1.99. The van der Waals surface area contributed by atoms with E-state index in [9.17, 15) is 4.39 Å². The van der Waals surface area contributed by atoms with E-state index in [2.05, 4.69) is 22.0 Å². The highest BCUT2D eigenvalue weighted by Crippen LogP contribution is 2.34. The molecule has 0 saturated heterocycles. The first kappa shape index (κ1) is 14.6. The molecule has 3 rings (SSSR count). The molecule has 3 aromatic rings. The van der Waals surface area contributed by atoms with Crippen molar-refractivity contribution in [2.45, 2.75) is 11.8 Å². The van der Waals surface area contributed by atoms with Crippen LogP contribution >= 0.6 is 27.5 Å². The van der Waals surface area contributed by atoms with Gasteiger partial charge in [-0.25, -0.2) is 4.39 Å². The van der Waals surface area contributed by atoms with E-state index in [0.29, 0.717) is 12.0 Å². The van der Waals surface area contributed by atoms with Crippen molar-refractivity contribution in [3.05, 3.63) is 82.1 Å². The highest BCUT2D eigenvalue weighted by atomic mass is 79.9. The average molecular weight is 364 g/mol. The lowest BCUT2D eigenvalue weighted by Gasteiger charge is -2.14. The summed E-state index contributed by atoms with van der Waals surface area (Å²) < 4.78 is 14.8. The molecule has 0 fully saturated rings. The predicted octanol–water partition coefficient (Wildman–Crippen LogP) is 6.26. The number of hydrogen-bond acceptors (Lipinski definition) is 0. The summed E-state index contributed by atoms with van der Waals surface area (Å²) >= 11 is 10.1. The van der Waals surface area contributed by atoms with Gasteiger partial charge in [0.1, 0.15) is 5.82 Å². The fourth-order valence-corrected chi connectivity index (χ4v) is 3.36. The molecule has 0 bridgehead atoms. The molecule has 0 aliphatic rings. The Hall–Kier alpha value is -1.38. The third-order valence-corrected chi connectivity index (χ3v) is 4.68. The number of hydrogen-bond donors (Lipinski definition) is 0. The third-order valence-electron chi connectivity index (χ3n) is 3.60. The van der Waals surface area contributed by atoms with Gasteiger partial charge in [-0.15, -0.1) is 11.6 Å². The second kappa shape index (κ2) is 6.17. The molecule has 0 aliphatic heterocycles. The fourth-order valence-electron chi connectivity index (χ4n) is 2.53. The van der Waals surface area contributed by atoms with Gasteiger partial charge in [-0.1, -0.05) is 64.5 Å². The first-order valence-electron chi connectivity index (χ1n) is 6.71. The van der Waals surface area contributed by atoms with Crippen LogP contribution in [-0.4, -0.2) is 0 Å². The number of halogens is 3. The van der Waals surface area contributed by atoms with Gasteiger partial charge in [-0.2, -0.15) is 0 Å². The molecule has 0 saturated carbocycles. The number of alkyl halides is 1. The van der Waals surface area contributed by atoms with E-state index < -0.39 is 0 Å². The molecule has 3 heteroatoms. The van der Waals surface area contributed by atoms with Crippen LogP contribution in [-0.2, 0) is 6.42 Å². The summed E-state index contributed by atoms with van der Waals surface area (Å²) in [5.74, 6) is -0.204. The number of fused-ring (bicyclic) bond motifs is 1. The molecule has 21 heavy (non-hydrogen) atoms. The Balaban J connectivity index is 2.01. The quantitative estimate of drug-likeness (QED) is 0.481. The molecular weight excluding hydrogens is 351 g/mol. The highest BCUT2D eigenvalue weighted by molar-refractivity contribution is 9.10. The van der Waals surface area contributed by atoms with Crippen LogP contribution in [0.5, 0.6) is 0 Å². The van der Waals surface area contributed by atoms with E-state index in [1.165, 1.54) is 6.07 Å². The van der Waals surface area contributed by atoms with Crippen LogP contribution in [0.15, 0.2) is 65.1 Å². The second-order valence-corrected chi connectivity index (χ2v) is 6.33. The van der Waals surface area contributed by atoms with Crippen molar-refractivity contribution in [3.8, 4) is 0 Å². The van der Waals surface area contributed by atoms with Gasteiger partial charge in [0, 0.05) is 4.47 Å². The molecule has 0 spiro atoms. The minimum atomic E-state index is -0.264. The van der Waals surface area contributed by atoms with Crippen LogP contribution in [0, 0.1) is 5.82 Å². The summed E-state index contributed by atoms with van der Waals surface area (Å²) in [4.78, 5) is 0. The average Bonchev–Trinajstić information content (AvgIpc) is 2.50. The first-order chi connectivity index (χ1) is 10.2. The molecule has 1 atom stereocenters. The van der Waals surface area contributed by atoms with Gasteiger partial charge in [0.15, 0.2) is 0 Å². The number of rotatable bonds is 3. The van der Waals surface area contributed by atoms with Gasteiger partial charge in [0.25, 0.3) is 0 Å². The molecule has 1 unspecified atom stereocenters. The fraction of sp³-hybridized carbons (Fsp3) is 0.111. The van der Waals surface area contributed by atoms with Crippen LogP contribution in [0.25, 0.3) is 10.8 Å². The third kappa shape index (κ3) is 2.97. The zero-order valence-corrected chi connectivity index (χ0v) is 13.5. The molecule has 0 aliphatic carbocycles. The van der Waals surface area contributed by atoms with E-state index in [1.54, 1.807) is 12.1 Å². The van der Waals surface area contributed by atoms with E-state index in [1.807, 2.05) is 36.4 Å². The molecule has 0 nitrogen and oxygen atoms in total. The Morgan fingerprint density at radius 1 is 0.905 bits per heavy atom. The van der Waals surface area contributed by atoms with Crippen molar-refractivity contribution in [3.63, 3.8) is 0 Å². The summed E-state index contributed by atoms with van der Waals surface area (Å²) in [6.07, 6.45) is 0.472. The van der Waals surface area contributed by atoms with Crippen molar-refractivity contribution in [2.75, 3.05) is 0 Å². The predicted molar refractivity (Wildman–Crippen MR) is 90.3 cm³/mol. The Bertz CT molecular complexity index is 785. The van der Waals surface area contributed by atoms with Gasteiger partial charge in [0.2, 0.25) is 0 Å². The van der Waals surface area contributed by atoms with Crippen LogP contribution in [0.3, 0.4) is 0 Å². The molecule has 0 radical (unpaired) electrons. The Kier molecular flexibility index (Phi) is 4.27. The van der Waals surface area contributed by atoms with Crippen LogP contribution < -0.4 is 0 Å². The lowest BCUT2D eigenvalue weighted by atomic mass is 9.98. The zero-order valence-electron chi connectivity index (χ0n) is 11.2. The zero-order chi connectivity index (χ0) is 14.8. The Morgan fingerprint density at radius 2 is 1.57 bits per heavy atom. The van der Waals surface area contributed by atoms with Crippen molar-refractivity contribution in [2.24, 2.45) is 0 Å². The maximum atomic E-state index is 13.8. The maximum Gasteiger partial charge on any atom is 0.126 e. The number of benzene rings is 3. The molecule has 0 N–H and O–H groups in total. The topological polar surface area (TPSA) is 0 Å². The molecule has 0 heterocycles. The van der Waals surface area contributed by atoms with Gasteiger partial charge < -0.3 is 0 Å². The molecule has 0 amide bonds. The lowest BCUT2D eigenvalue weighted by molar-refractivity contribution is 0.607. The first-order valence-corrected chi connectivity index (χ1v) is 7.94. The van der Waals surface area contributed by atoms with Crippen molar-refractivity contribution in [1.82, 2.24) is 0 Å². The maximum absolute atomic E-state index is 13.8. The minimum absolute atomic E-state index is 0.204. The van der Waals surface area contributed by atoms with E-state index in [0.717, 1.165) is 20.8 Å². The minimum Gasteiger partial charge on any atom is -0.207 e. The largest absolute Gasteiger partial charge is 0.207 e. The standard InChI is InChI=1S/C18H13BrClF/c19-16-10-9-15(13-6-2-3-7-14(13)16)17(20)11-12-5-1-4-8-18(12)21/h1-10,17H,11H2. The van der Waals surface area contributed by atoms with Gasteiger partial charge in [-0.05, 0) is 40.5 Å². The van der Waals surface area contributed by atoms with E-state index in [4.69, 9.17) is 11.6 Å². The summed E-state index contributed by atoms with van der Waals surface area (Å²) in [6, 6.07) is 18.9. The SMILES string of the molecule is Fc1ccccc1CC(Cl)c1ccc(Br)c2ccccc12. The van der Waals surface area contributed by atoms with E-state index >= 15 is 0 Å². The van der Waals surface area contributed by atoms with Crippen molar-refractivity contribution < 1.29 is 4.39 Å². The molecule has 106 valence electrons. The van der Waals surface area contributed by atoms with Crippen LogP contribution in [0.1, 0.15) is 16.5 Å². The van der Waals surface area contributed by atoms with Gasteiger partial charge in [0.05, 0.1) is 5.38 Å². The van der Waals surface area contributed by atoms with Gasteiger partial charge in [-0.3, -0.25) is 0 Å². The van der Waals surface area contributed by atoms with Crippen molar-refractivity contribution >= 4 is 38.3 Å². The Labute approximate surface area is 136 Å². The Morgan fingerprint density at radius 3 is 2.33 bits per heavy atom. The smallest absolute Gasteiger partial charge is 0.126 e. The molecule has 3 aromatic carbocycles. The highest BCUT2D eigenvalue weighted by Gasteiger charge is 2.15. The van der Waals surface area contributed by atoms with E-state index in [-0.39, 0.29) is 11.2 Å². The second-order valence-electron chi connectivity index (χ2n) is 4.95. The van der Waals surface area contributed by atoms with Crippen LogP contribution in [0.2, 0.25) is 0 Å². The molecular formula is C18H13BrClF. The molecule has 0 aromatic heterocycles. The monoisotopic (exact) mass is 362 g/mol.